The quantitative estimate of drug-likeness (QED) is 0.719. The third kappa shape index (κ3) is 3.35. The van der Waals surface area contributed by atoms with E-state index in [9.17, 15) is 9.18 Å². The fourth-order valence-electron chi connectivity index (χ4n) is 3.27. The molecule has 4 rings (SSSR count). The van der Waals surface area contributed by atoms with Crippen LogP contribution < -0.4 is 4.74 Å². The summed E-state index contributed by atoms with van der Waals surface area (Å²) < 4.78 is 20.2. The van der Waals surface area contributed by atoms with E-state index in [4.69, 9.17) is 4.74 Å². The van der Waals surface area contributed by atoms with Gasteiger partial charge in [-0.25, -0.2) is 4.39 Å². The lowest BCUT2D eigenvalue weighted by atomic mass is 9.95. The predicted molar refractivity (Wildman–Crippen MR) is 91.0 cm³/mol. The van der Waals surface area contributed by atoms with Gasteiger partial charge in [0.25, 0.3) is 5.91 Å². The maximum Gasteiger partial charge on any atom is 0.261 e. The van der Waals surface area contributed by atoms with Gasteiger partial charge in [-0.3, -0.25) is 4.79 Å². The summed E-state index contributed by atoms with van der Waals surface area (Å²) in [5.74, 6) is -0.0492. The summed E-state index contributed by atoms with van der Waals surface area (Å²) in [5.41, 5.74) is 1.56. The van der Waals surface area contributed by atoms with Crippen LogP contribution in [-0.2, 0) is 4.79 Å². The first-order valence-electron chi connectivity index (χ1n) is 8.55. The van der Waals surface area contributed by atoms with E-state index in [0.717, 1.165) is 24.8 Å². The monoisotopic (exact) mass is 355 g/mol. The summed E-state index contributed by atoms with van der Waals surface area (Å²) in [6.07, 6.45) is 4.33. The lowest BCUT2D eigenvalue weighted by molar-refractivity contribution is -0.137. The van der Waals surface area contributed by atoms with Crippen molar-refractivity contribution >= 4 is 11.6 Å². The Bertz CT molecular complexity index is 911. The Balaban J connectivity index is 1.45. The first-order chi connectivity index (χ1) is 12.7. The normalized spacial score (nSPS) is 17.4. The number of aromatic nitrogens is 4. The molecular formula is C18H18FN5O2. The van der Waals surface area contributed by atoms with Crippen LogP contribution in [0.1, 0.15) is 30.9 Å². The molecule has 26 heavy (non-hydrogen) atoms. The molecule has 3 heterocycles. The Morgan fingerprint density at radius 1 is 1.19 bits per heavy atom. The van der Waals surface area contributed by atoms with Gasteiger partial charge in [-0.2, -0.15) is 4.52 Å². The molecule has 1 amide bonds. The average Bonchev–Trinajstić information content (AvgIpc) is 3.14. The number of halogens is 1. The maximum absolute atomic E-state index is 13.2. The zero-order valence-electron chi connectivity index (χ0n) is 14.1. The highest BCUT2D eigenvalue weighted by molar-refractivity contribution is 5.78. The van der Waals surface area contributed by atoms with Gasteiger partial charge in [0, 0.05) is 12.6 Å². The highest BCUT2D eigenvalue weighted by Crippen LogP contribution is 2.31. The number of likely N-dealkylation sites (tertiary alicyclic amines) is 1. The van der Waals surface area contributed by atoms with Crippen LogP contribution in [-0.4, -0.2) is 43.8 Å². The highest BCUT2D eigenvalue weighted by atomic mass is 19.1. The number of fused-ring (bicyclic) bond motifs is 1. The van der Waals surface area contributed by atoms with Crippen molar-refractivity contribution in [1.29, 1.82) is 0 Å². The number of carbonyl (C=O) groups is 1. The van der Waals surface area contributed by atoms with Crippen molar-refractivity contribution in [1.82, 2.24) is 24.7 Å². The van der Waals surface area contributed by atoms with Gasteiger partial charge in [-0.05, 0) is 43.0 Å². The van der Waals surface area contributed by atoms with Crippen LogP contribution in [0.3, 0.4) is 0 Å². The van der Waals surface area contributed by atoms with E-state index in [1.807, 2.05) is 4.90 Å². The molecule has 0 aliphatic carbocycles. The van der Waals surface area contributed by atoms with Crippen LogP contribution >= 0.6 is 0 Å². The first-order valence-corrected chi connectivity index (χ1v) is 8.55. The molecule has 0 spiro atoms. The van der Waals surface area contributed by atoms with Crippen molar-refractivity contribution in [2.24, 2.45) is 0 Å². The van der Waals surface area contributed by atoms with Crippen molar-refractivity contribution in [3.63, 3.8) is 0 Å². The van der Waals surface area contributed by atoms with E-state index < -0.39 is 0 Å². The van der Waals surface area contributed by atoms with Crippen molar-refractivity contribution in [2.45, 2.75) is 25.3 Å². The molecule has 1 aromatic carbocycles. The second-order valence-electron chi connectivity index (χ2n) is 6.24. The average molecular weight is 355 g/mol. The minimum Gasteiger partial charge on any atom is -0.467 e. The summed E-state index contributed by atoms with van der Waals surface area (Å²) in [7, 11) is 0. The number of piperidine rings is 1. The van der Waals surface area contributed by atoms with Gasteiger partial charge in [0.1, 0.15) is 12.1 Å². The van der Waals surface area contributed by atoms with Gasteiger partial charge in [0.2, 0.25) is 5.88 Å². The van der Waals surface area contributed by atoms with Gasteiger partial charge in [0.05, 0.1) is 6.04 Å². The molecular weight excluding hydrogens is 337 g/mol. The standard InChI is InChI=1S/C18H18FN5O2/c19-14-6-4-13(5-7-14)15-3-1-2-10-23(15)18(25)11-26-17-9-8-16-21-20-12-24(16)22-17/h4-9,12,15H,1-3,10-11H2/t15-/m0/s1. The van der Waals surface area contributed by atoms with Crippen LogP contribution in [0.5, 0.6) is 5.88 Å². The molecule has 1 aliphatic heterocycles. The number of ether oxygens (including phenoxy) is 1. The Labute approximate surface area is 149 Å². The van der Waals surface area contributed by atoms with Crippen molar-refractivity contribution in [3.05, 3.63) is 54.1 Å². The molecule has 3 aromatic rings. The molecule has 1 saturated heterocycles. The molecule has 0 unspecified atom stereocenters. The zero-order valence-corrected chi connectivity index (χ0v) is 14.1. The van der Waals surface area contributed by atoms with Crippen molar-refractivity contribution in [3.8, 4) is 5.88 Å². The second kappa shape index (κ2) is 7.07. The third-order valence-corrected chi connectivity index (χ3v) is 4.56. The number of hydrogen-bond donors (Lipinski definition) is 0. The highest BCUT2D eigenvalue weighted by Gasteiger charge is 2.28. The van der Waals surface area contributed by atoms with Crippen molar-refractivity contribution < 1.29 is 13.9 Å². The number of benzene rings is 1. The number of rotatable bonds is 4. The third-order valence-electron chi connectivity index (χ3n) is 4.56. The van der Waals surface area contributed by atoms with E-state index in [1.165, 1.54) is 23.0 Å². The maximum atomic E-state index is 13.2. The zero-order chi connectivity index (χ0) is 17.9. The lowest BCUT2D eigenvalue weighted by Gasteiger charge is -2.36. The van der Waals surface area contributed by atoms with Crippen LogP contribution in [0, 0.1) is 5.82 Å². The summed E-state index contributed by atoms with van der Waals surface area (Å²) in [4.78, 5) is 14.5. The minimum atomic E-state index is -0.277. The molecule has 1 atom stereocenters. The fourth-order valence-corrected chi connectivity index (χ4v) is 3.27. The largest absolute Gasteiger partial charge is 0.467 e. The number of amides is 1. The first kappa shape index (κ1) is 16.4. The van der Waals surface area contributed by atoms with Crippen molar-refractivity contribution in [2.75, 3.05) is 13.2 Å². The smallest absolute Gasteiger partial charge is 0.261 e. The van der Waals surface area contributed by atoms with Crippen LogP contribution in [0.25, 0.3) is 5.65 Å². The summed E-state index contributed by atoms with van der Waals surface area (Å²) >= 11 is 0. The van der Waals surface area contributed by atoms with Gasteiger partial charge < -0.3 is 9.64 Å². The Morgan fingerprint density at radius 3 is 2.88 bits per heavy atom. The number of nitrogens with zero attached hydrogens (tertiary/aromatic N) is 5. The minimum absolute atomic E-state index is 0.0475. The van der Waals surface area contributed by atoms with E-state index in [1.54, 1.807) is 24.3 Å². The summed E-state index contributed by atoms with van der Waals surface area (Å²) in [5, 5.41) is 11.8. The Hall–Kier alpha value is -3.03. The van der Waals surface area contributed by atoms with Gasteiger partial charge in [0.15, 0.2) is 12.3 Å². The summed E-state index contributed by atoms with van der Waals surface area (Å²) in [6, 6.07) is 9.69. The van der Waals surface area contributed by atoms with E-state index in [0.29, 0.717) is 18.1 Å². The number of carbonyl (C=O) groups excluding carboxylic acids is 1. The molecule has 0 saturated carbocycles. The molecule has 134 valence electrons. The van der Waals surface area contributed by atoms with E-state index >= 15 is 0 Å². The fraction of sp³-hybridized carbons (Fsp3) is 0.333. The Kier molecular flexibility index (Phi) is 4.47. The van der Waals surface area contributed by atoms with E-state index in [2.05, 4.69) is 15.3 Å². The van der Waals surface area contributed by atoms with Crippen LogP contribution in [0.2, 0.25) is 0 Å². The Morgan fingerprint density at radius 2 is 2.04 bits per heavy atom. The van der Waals surface area contributed by atoms with Gasteiger partial charge >= 0.3 is 0 Å². The lowest BCUT2D eigenvalue weighted by Crippen LogP contribution is -2.41. The number of hydrogen-bond acceptors (Lipinski definition) is 5. The van der Waals surface area contributed by atoms with E-state index in [-0.39, 0.29) is 24.4 Å². The molecule has 1 fully saturated rings. The predicted octanol–water partition coefficient (Wildman–Crippen LogP) is 2.40. The molecule has 2 aromatic heterocycles. The SMILES string of the molecule is O=C(COc1ccc2nncn2n1)N1CCCC[C@H]1c1ccc(F)cc1. The van der Waals surface area contributed by atoms with Crippen LogP contribution in [0.4, 0.5) is 4.39 Å². The molecule has 1 aliphatic rings. The molecule has 7 nitrogen and oxygen atoms in total. The molecule has 0 N–H and O–H groups in total. The topological polar surface area (TPSA) is 72.6 Å². The van der Waals surface area contributed by atoms with Gasteiger partial charge in [-0.15, -0.1) is 15.3 Å². The summed E-state index contributed by atoms with van der Waals surface area (Å²) in [6.45, 7) is 0.570. The van der Waals surface area contributed by atoms with Crippen LogP contribution in [0.15, 0.2) is 42.7 Å². The van der Waals surface area contributed by atoms with Gasteiger partial charge in [-0.1, -0.05) is 12.1 Å². The second-order valence-corrected chi connectivity index (χ2v) is 6.24. The molecule has 0 bridgehead atoms. The molecule has 0 radical (unpaired) electrons. The molecule has 8 heteroatoms.